The lowest BCUT2D eigenvalue weighted by atomic mass is 10.0. The maximum Gasteiger partial charge on any atom is 0.326 e. The monoisotopic (exact) mass is 1980 g/mol. The van der Waals surface area contributed by atoms with E-state index in [1.807, 2.05) is 10.6 Å². The zero-order valence-corrected chi connectivity index (χ0v) is 77.3. The van der Waals surface area contributed by atoms with Gasteiger partial charge in [-0.05, 0) is 80.5 Å². The van der Waals surface area contributed by atoms with E-state index in [0.29, 0.717) is 5.56 Å². The van der Waals surface area contributed by atoms with Gasteiger partial charge in [0.05, 0.1) is 65.1 Å². The number of carboxylic acid groups (broad SMARTS) is 2. The lowest BCUT2D eigenvalue weighted by Gasteiger charge is -2.27. The van der Waals surface area contributed by atoms with Gasteiger partial charge < -0.3 is 170 Å². The minimum absolute atomic E-state index is 0.00639. The summed E-state index contributed by atoms with van der Waals surface area (Å²) in [7, 11) is 0. The molecule has 19 amide bonds. The standard InChI is InChI=1S/C80H126N26O29S2/c1-37(2)23-47(73(129)106-62(38(3)4)78(134)135)93-58(114)27-90-66(122)51(30-107)103-76(132)55(34-111)105-77(133)54(33-110)104-69(125)46(19-20-61(117)118)98-70(126)48(24-40-11-7-6-8-12-40)100-75(131)53(32-109)102-63(119)39(5)92-68(124)45(14-10-22-88-80(85)86)97-72(128)50(26-57(82)113)101-71(127)49(25-41-15-17-42(112)18-16-41)99-74(130)52(31-108)94-59(115)28-91-67(123)56(36-137)95-60(116)29-89-65(121)44(13-9-21-87-79(83)84)96-64(120)43(81)35-136/h6-8,11-12,15-18,37-39,43-56,62,107-112,136-137H,9-10,13-14,19-36,81H2,1-5H3,(H2,82,113)(H,89,121)(H,90,122)(H,91,123)(H,92,124)(H,93,114)(H,94,115)(H,95,116)(H,96,120)(H,97,128)(H,98,126)(H,99,130)(H,100,131)(H,101,127)(H,102,119)(H,103,132)(H,104,125)(H,105,133)(H,106,129)(H,117,118)(H,134,135)(H4,83,84,87)(H4,85,86,88)/t39-,43-,44-,45-,46-,47-,48-,49-,50-,51-,52-,53-,54-,55-,56-,62-/m0/s1. The number of rotatable bonds is 64. The number of phenols is 1. The number of amides is 19. The number of nitrogens with two attached hydrogens (primary N) is 4. The fraction of sp³-hybridized carbons (Fsp3) is 0.562. The van der Waals surface area contributed by atoms with E-state index in [1.54, 1.807) is 33.8 Å². The third-order valence-electron chi connectivity index (χ3n) is 19.6. The quantitative estimate of drug-likeness (QED) is 0.0127. The highest BCUT2D eigenvalue weighted by Crippen LogP contribution is 2.15. The van der Waals surface area contributed by atoms with Crippen LogP contribution in [0.5, 0.6) is 5.75 Å². The maximum absolute atomic E-state index is 14.4. The average molecular weight is 1980 g/mol. The van der Waals surface area contributed by atoms with Gasteiger partial charge in [0.2, 0.25) is 112 Å². The lowest BCUT2D eigenvalue weighted by Crippen LogP contribution is -2.62. The second-order valence-electron chi connectivity index (χ2n) is 31.6. The van der Waals surface area contributed by atoms with E-state index < -0.39 is 324 Å². The second kappa shape index (κ2) is 62.6. The summed E-state index contributed by atoms with van der Waals surface area (Å²) in [6.07, 6.45) is -3.93. The predicted octanol–water partition coefficient (Wildman–Crippen LogP) is -15.0. The van der Waals surface area contributed by atoms with Crippen molar-refractivity contribution in [1.29, 1.82) is 10.8 Å². The van der Waals surface area contributed by atoms with Crippen LogP contribution in [0.25, 0.3) is 0 Å². The number of aromatic hydroxyl groups is 1. The van der Waals surface area contributed by atoms with Crippen LogP contribution in [0.3, 0.4) is 0 Å². The molecule has 137 heavy (non-hydrogen) atoms. The summed E-state index contributed by atoms with van der Waals surface area (Å²) in [6, 6.07) is -15.0. The van der Waals surface area contributed by atoms with Crippen molar-refractivity contribution in [1.82, 2.24) is 106 Å². The molecule has 0 aliphatic rings. The Labute approximate surface area is 795 Å². The molecular formula is C80H126N26O29S2. The summed E-state index contributed by atoms with van der Waals surface area (Å²) in [5, 5.41) is 141. The van der Waals surface area contributed by atoms with E-state index in [2.05, 4.69) is 121 Å². The van der Waals surface area contributed by atoms with Crippen LogP contribution in [0, 0.1) is 22.7 Å². The van der Waals surface area contributed by atoms with Gasteiger partial charge in [0.15, 0.2) is 11.9 Å². The molecule has 0 bridgehead atoms. The molecule has 0 aliphatic heterocycles. The van der Waals surface area contributed by atoms with Crippen molar-refractivity contribution < 1.29 is 142 Å². The van der Waals surface area contributed by atoms with E-state index in [-0.39, 0.29) is 73.5 Å². The number of carbonyl (C=O) groups is 21. The van der Waals surface area contributed by atoms with Crippen molar-refractivity contribution in [3.63, 3.8) is 0 Å². The third-order valence-corrected chi connectivity index (χ3v) is 20.3. The molecule has 0 aromatic heterocycles. The number of carbonyl (C=O) groups excluding carboxylic acids is 19. The number of primary amides is 1. The molecule has 0 unspecified atom stereocenters. The molecule has 38 N–H and O–H groups in total. The molecule has 762 valence electrons. The molecule has 0 fully saturated rings. The van der Waals surface area contributed by atoms with Gasteiger partial charge in [-0.2, -0.15) is 25.3 Å². The van der Waals surface area contributed by atoms with Gasteiger partial charge in [0.25, 0.3) is 0 Å². The lowest BCUT2D eigenvalue weighted by molar-refractivity contribution is -0.143. The molecule has 0 radical (unpaired) electrons. The van der Waals surface area contributed by atoms with E-state index in [1.165, 1.54) is 48.5 Å². The van der Waals surface area contributed by atoms with E-state index >= 15 is 0 Å². The Morgan fingerprint density at radius 2 is 0.686 bits per heavy atom. The molecule has 0 heterocycles. The first-order valence-corrected chi connectivity index (χ1v) is 43.9. The van der Waals surface area contributed by atoms with E-state index in [9.17, 15) is 142 Å². The largest absolute Gasteiger partial charge is 0.508 e. The average Bonchev–Trinajstić information content (AvgIpc) is 0.853. The topological polar surface area (TPSA) is 913 Å². The number of carboxylic acids is 2. The van der Waals surface area contributed by atoms with Crippen LogP contribution in [0.1, 0.15) is 97.1 Å². The molecule has 55 nitrogen and oxygen atoms in total. The summed E-state index contributed by atoms with van der Waals surface area (Å²) in [5.74, 6) is -27.3. The maximum atomic E-state index is 14.4. The summed E-state index contributed by atoms with van der Waals surface area (Å²) in [5.41, 5.74) is 22.5. The van der Waals surface area contributed by atoms with Crippen molar-refractivity contribution in [2.45, 2.75) is 195 Å². The van der Waals surface area contributed by atoms with Crippen LogP contribution in [0.15, 0.2) is 54.6 Å². The molecule has 0 aliphatic carbocycles. The molecule has 57 heteroatoms. The highest BCUT2D eigenvalue weighted by molar-refractivity contribution is 7.80. The van der Waals surface area contributed by atoms with Gasteiger partial charge in [-0.1, -0.05) is 70.2 Å². The van der Waals surface area contributed by atoms with Gasteiger partial charge in [-0.15, -0.1) is 0 Å². The predicted molar refractivity (Wildman–Crippen MR) is 488 cm³/mol. The van der Waals surface area contributed by atoms with Gasteiger partial charge in [0, 0.05) is 43.9 Å². The van der Waals surface area contributed by atoms with Crippen molar-refractivity contribution in [3.05, 3.63) is 65.7 Å². The molecule has 0 saturated carbocycles. The van der Waals surface area contributed by atoms with Crippen LogP contribution in [-0.4, -0.2) is 351 Å². The van der Waals surface area contributed by atoms with Gasteiger partial charge >= 0.3 is 11.9 Å². The summed E-state index contributed by atoms with van der Waals surface area (Å²) < 4.78 is 0. The van der Waals surface area contributed by atoms with Crippen molar-refractivity contribution >= 4 is 161 Å². The number of phenolic OH excluding ortho intramolecular Hbond substituents is 1. The molecule has 2 rings (SSSR count). The Morgan fingerprint density at radius 1 is 0.358 bits per heavy atom. The van der Waals surface area contributed by atoms with Gasteiger partial charge in [0.1, 0.15) is 96.4 Å². The number of benzene rings is 2. The molecule has 0 saturated heterocycles. The van der Waals surface area contributed by atoms with Crippen molar-refractivity contribution in [2.75, 3.05) is 77.3 Å². The van der Waals surface area contributed by atoms with Crippen molar-refractivity contribution in [3.8, 4) is 5.75 Å². The van der Waals surface area contributed by atoms with Gasteiger partial charge in [-0.3, -0.25) is 107 Å². The summed E-state index contributed by atoms with van der Waals surface area (Å²) in [4.78, 5) is 281. The highest BCUT2D eigenvalue weighted by atomic mass is 32.1. The third kappa shape index (κ3) is 45.8. The Bertz CT molecular complexity index is 4490. The van der Waals surface area contributed by atoms with Crippen LogP contribution >= 0.6 is 25.3 Å². The van der Waals surface area contributed by atoms with Crippen molar-refractivity contribution in [2.24, 2.45) is 34.8 Å². The first-order valence-electron chi connectivity index (χ1n) is 42.6. The number of aliphatic hydroxyl groups is 5. The van der Waals surface area contributed by atoms with Crippen LogP contribution in [0.4, 0.5) is 0 Å². The van der Waals surface area contributed by atoms with Crippen LogP contribution in [0.2, 0.25) is 0 Å². The zero-order valence-electron chi connectivity index (χ0n) is 75.5. The number of hydrogen-bond donors (Lipinski definition) is 36. The fourth-order valence-electron chi connectivity index (χ4n) is 12.1. The molecule has 16 atom stereocenters. The number of thiol groups is 2. The number of guanidine groups is 2. The number of aliphatic hydroxyl groups excluding tert-OH is 5. The Hall–Kier alpha value is -13.9. The summed E-state index contributed by atoms with van der Waals surface area (Å²) >= 11 is 8.05. The number of nitrogens with one attached hydrogen (secondary N) is 22. The van der Waals surface area contributed by atoms with Gasteiger partial charge in [-0.25, -0.2) is 4.79 Å². The first-order chi connectivity index (χ1) is 64.5. The van der Waals surface area contributed by atoms with E-state index in [4.69, 9.17) is 33.8 Å². The Kier molecular flexibility index (Phi) is 54.5. The fourth-order valence-corrected chi connectivity index (χ4v) is 12.6. The smallest absolute Gasteiger partial charge is 0.326 e. The molecular weight excluding hydrogens is 1850 g/mol. The minimum Gasteiger partial charge on any atom is -0.508 e. The molecule has 0 spiro atoms. The molecule has 2 aromatic carbocycles. The molecule has 2 aromatic rings. The first kappa shape index (κ1) is 119. The Morgan fingerprint density at radius 3 is 1.09 bits per heavy atom. The highest BCUT2D eigenvalue weighted by Gasteiger charge is 2.39. The summed E-state index contributed by atoms with van der Waals surface area (Å²) in [6.45, 7) is -1.12. The zero-order chi connectivity index (χ0) is 103. The number of hydrogen-bond acceptors (Lipinski definition) is 32. The Balaban J connectivity index is 2.37. The minimum atomic E-state index is -2.09. The van der Waals surface area contributed by atoms with Crippen LogP contribution < -0.4 is 129 Å². The number of aliphatic carboxylic acids is 2. The second-order valence-corrected chi connectivity index (χ2v) is 32.3. The SMILES string of the molecule is CC(C)C[C@H](NC(=O)CNC(=O)[C@H](CO)NC(=O)[C@H](CO)NC(=O)[C@H](CO)NC(=O)[C@H](CCC(=O)O)NC(=O)[C@H](Cc1ccccc1)NC(=O)[C@H](CO)NC(=O)[C@H](C)NC(=O)[C@H](CCCNC(=N)N)NC(=O)[C@H](CC(N)=O)NC(=O)[C@H](Cc1ccc(O)cc1)NC(=O)[C@H](CO)NC(=O)CNC(=O)[C@H](CS)NC(=O)CNC(=O)[C@H](CCCNC(=N)N)NC(=O)[C@@H](N)CS)C(=O)N[C@H](C(=O)O)C(C)C. The van der Waals surface area contributed by atoms with Crippen LogP contribution in [-0.2, 0) is 114 Å². The normalized spacial score (nSPS) is 14.4. The van der Waals surface area contributed by atoms with E-state index in [0.717, 1.165) is 6.92 Å².